The number of hydrogen-bond acceptors (Lipinski definition) is 4. The SMILES string of the molecule is CN(C)C(=O)N1CCC(c2cc3c(ncn3C)c(-c3cnn(C)c3)n2)CC1. The van der Waals surface area contributed by atoms with E-state index in [1.165, 1.54) is 0 Å². The third kappa shape index (κ3) is 3.15. The summed E-state index contributed by atoms with van der Waals surface area (Å²) < 4.78 is 3.81. The first kappa shape index (κ1) is 17.5. The van der Waals surface area contributed by atoms with Gasteiger partial charge in [0, 0.05) is 64.7 Å². The number of rotatable bonds is 2. The fourth-order valence-electron chi connectivity index (χ4n) is 3.75. The van der Waals surface area contributed by atoms with Crippen LogP contribution in [-0.4, -0.2) is 67.3 Å². The van der Waals surface area contributed by atoms with Crippen molar-refractivity contribution in [3.05, 3.63) is 30.5 Å². The number of carbonyl (C=O) groups excluding carboxylic acids is 1. The molecule has 27 heavy (non-hydrogen) atoms. The number of piperidine rings is 1. The number of fused-ring (bicyclic) bond motifs is 1. The van der Waals surface area contributed by atoms with E-state index in [-0.39, 0.29) is 6.03 Å². The molecule has 4 rings (SSSR count). The van der Waals surface area contributed by atoms with Crippen molar-refractivity contribution in [3.8, 4) is 11.3 Å². The zero-order chi connectivity index (χ0) is 19.1. The van der Waals surface area contributed by atoms with Crippen LogP contribution in [-0.2, 0) is 14.1 Å². The standard InChI is InChI=1S/C19H25N7O/c1-23(2)19(27)26-7-5-13(6-8-26)15-9-16-18(20-12-24(16)3)17(22-15)14-10-21-25(4)11-14/h9-13H,5-8H2,1-4H3. The van der Waals surface area contributed by atoms with Gasteiger partial charge < -0.3 is 14.4 Å². The fraction of sp³-hybridized carbons (Fsp3) is 0.474. The Labute approximate surface area is 158 Å². The molecule has 4 heterocycles. The van der Waals surface area contributed by atoms with Crippen LogP contribution in [0.15, 0.2) is 24.8 Å². The second-order valence-corrected chi connectivity index (χ2v) is 7.46. The Bertz CT molecular complexity index is 979. The lowest BCUT2D eigenvalue weighted by molar-refractivity contribution is 0.156. The van der Waals surface area contributed by atoms with Crippen LogP contribution in [0.25, 0.3) is 22.3 Å². The number of pyridine rings is 1. The van der Waals surface area contributed by atoms with Crippen molar-refractivity contribution in [2.75, 3.05) is 27.2 Å². The van der Waals surface area contributed by atoms with Crippen LogP contribution in [0.4, 0.5) is 4.79 Å². The molecule has 0 spiro atoms. The van der Waals surface area contributed by atoms with Crippen LogP contribution in [0.5, 0.6) is 0 Å². The van der Waals surface area contributed by atoms with Gasteiger partial charge >= 0.3 is 6.03 Å². The Kier molecular flexibility index (Phi) is 4.33. The fourth-order valence-corrected chi connectivity index (χ4v) is 3.75. The predicted octanol–water partition coefficient (Wildman–Crippen LogP) is 2.23. The first-order chi connectivity index (χ1) is 12.9. The predicted molar refractivity (Wildman–Crippen MR) is 103 cm³/mol. The van der Waals surface area contributed by atoms with Crippen LogP contribution >= 0.6 is 0 Å². The maximum atomic E-state index is 12.2. The first-order valence-corrected chi connectivity index (χ1v) is 9.21. The van der Waals surface area contributed by atoms with E-state index in [9.17, 15) is 4.79 Å². The molecule has 3 aromatic rings. The summed E-state index contributed by atoms with van der Waals surface area (Å²) in [6.07, 6.45) is 7.47. The molecule has 1 saturated heterocycles. The van der Waals surface area contributed by atoms with E-state index in [0.717, 1.165) is 53.9 Å². The second-order valence-electron chi connectivity index (χ2n) is 7.46. The van der Waals surface area contributed by atoms with E-state index < -0.39 is 0 Å². The van der Waals surface area contributed by atoms with Crippen molar-refractivity contribution < 1.29 is 4.79 Å². The lowest BCUT2D eigenvalue weighted by atomic mass is 9.92. The third-order valence-corrected chi connectivity index (χ3v) is 5.28. The Morgan fingerprint density at radius 2 is 1.96 bits per heavy atom. The van der Waals surface area contributed by atoms with E-state index in [0.29, 0.717) is 5.92 Å². The number of aryl methyl sites for hydroxylation is 2. The van der Waals surface area contributed by atoms with Crippen molar-refractivity contribution in [2.24, 2.45) is 14.1 Å². The number of nitrogens with zero attached hydrogens (tertiary/aromatic N) is 7. The first-order valence-electron chi connectivity index (χ1n) is 9.21. The summed E-state index contributed by atoms with van der Waals surface area (Å²) in [6, 6.07) is 2.23. The molecule has 8 heteroatoms. The number of aromatic nitrogens is 5. The second kappa shape index (κ2) is 6.68. The normalized spacial score (nSPS) is 15.5. The van der Waals surface area contributed by atoms with E-state index >= 15 is 0 Å². The number of likely N-dealkylation sites (tertiary alicyclic amines) is 1. The molecule has 1 fully saturated rings. The molecular weight excluding hydrogens is 342 g/mol. The zero-order valence-corrected chi connectivity index (χ0v) is 16.3. The van der Waals surface area contributed by atoms with Crippen LogP contribution in [0.2, 0.25) is 0 Å². The minimum absolute atomic E-state index is 0.0829. The molecule has 0 N–H and O–H groups in total. The van der Waals surface area contributed by atoms with E-state index in [1.807, 2.05) is 42.3 Å². The molecule has 2 amide bonds. The number of imidazole rings is 1. The van der Waals surface area contributed by atoms with Gasteiger partial charge in [0.15, 0.2) is 0 Å². The molecular formula is C19H25N7O. The van der Waals surface area contributed by atoms with Gasteiger partial charge in [-0.3, -0.25) is 4.68 Å². The number of amides is 2. The zero-order valence-electron chi connectivity index (χ0n) is 16.3. The van der Waals surface area contributed by atoms with E-state index in [1.54, 1.807) is 23.7 Å². The molecule has 0 aliphatic carbocycles. The van der Waals surface area contributed by atoms with E-state index in [4.69, 9.17) is 4.98 Å². The smallest absolute Gasteiger partial charge is 0.319 e. The highest BCUT2D eigenvalue weighted by Crippen LogP contribution is 2.33. The average Bonchev–Trinajstić information content (AvgIpc) is 3.26. The molecule has 0 atom stereocenters. The Balaban J connectivity index is 1.67. The quantitative estimate of drug-likeness (QED) is 0.696. The lowest BCUT2D eigenvalue weighted by Gasteiger charge is -2.33. The highest BCUT2D eigenvalue weighted by atomic mass is 16.2. The van der Waals surface area contributed by atoms with Gasteiger partial charge in [0.1, 0.15) is 11.2 Å². The molecule has 8 nitrogen and oxygen atoms in total. The summed E-state index contributed by atoms with van der Waals surface area (Å²) in [5.74, 6) is 0.339. The average molecular weight is 367 g/mol. The van der Waals surface area contributed by atoms with Crippen LogP contribution < -0.4 is 0 Å². The van der Waals surface area contributed by atoms with Crippen LogP contribution in [0, 0.1) is 0 Å². The molecule has 1 aliphatic heterocycles. The van der Waals surface area contributed by atoms with Gasteiger partial charge in [-0.15, -0.1) is 0 Å². The number of carbonyl (C=O) groups is 1. The topological polar surface area (TPSA) is 72.1 Å². The van der Waals surface area contributed by atoms with Gasteiger partial charge in [-0.25, -0.2) is 14.8 Å². The van der Waals surface area contributed by atoms with Crippen molar-refractivity contribution in [1.29, 1.82) is 0 Å². The summed E-state index contributed by atoms with van der Waals surface area (Å²) in [4.78, 5) is 25.3. The number of urea groups is 1. The highest BCUT2D eigenvalue weighted by molar-refractivity contribution is 5.89. The van der Waals surface area contributed by atoms with Crippen LogP contribution in [0.1, 0.15) is 24.5 Å². The van der Waals surface area contributed by atoms with E-state index in [2.05, 4.69) is 16.1 Å². The van der Waals surface area contributed by atoms with Gasteiger partial charge in [0.05, 0.1) is 18.0 Å². The molecule has 1 aliphatic rings. The number of hydrogen-bond donors (Lipinski definition) is 0. The van der Waals surface area contributed by atoms with Crippen molar-refractivity contribution in [1.82, 2.24) is 34.1 Å². The van der Waals surface area contributed by atoms with Gasteiger partial charge in [0.25, 0.3) is 0 Å². The van der Waals surface area contributed by atoms with Crippen molar-refractivity contribution in [3.63, 3.8) is 0 Å². The van der Waals surface area contributed by atoms with Crippen LogP contribution in [0.3, 0.4) is 0 Å². The summed E-state index contributed by atoms with van der Waals surface area (Å²) in [5.41, 5.74) is 4.90. The van der Waals surface area contributed by atoms with Gasteiger partial charge in [0.2, 0.25) is 0 Å². The van der Waals surface area contributed by atoms with Gasteiger partial charge in [-0.2, -0.15) is 5.10 Å². The molecule has 3 aromatic heterocycles. The minimum atomic E-state index is 0.0829. The van der Waals surface area contributed by atoms with Crippen molar-refractivity contribution in [2.45, 2.75) is 18.8 Å². The molecule has 0 bridgehead atoms. The summed E-state index contributed by atoms with van der Waals surface area (Å²) >= 11 is 0. The lowest BCUT2D eigenvalue weighted by Crippen LogP contribution is -2.43. The van der Waals surface area contributed by atoms with Gasteiger partial charge in [-0.1, -0.05) is 0 Å². The maximum absolute atomic E-state index is 12.2. The molecule has 0 unspecified atom stereocenters. The third-order valence-electron chi connectivity index (χ3n) is 5.28. The molecule has 142 valence electrons. The highest BCUT2D eigenvalue weighted by Gasteiger charge is 2.26. The summed E-state index contributed by atoms with van der Waals surface area (Å²) in [7, 11) is 7.50. The molecule has 0 aromatic carbocycles. The largest absolute Gasteiger partial charge is 0.334 e. The monoisotopic (exact) mass is 367 g/mol. The van der Waals surface area contributed by atoms with Gasteiger partial charge in [-0.05, 0) is 18.9 Å². The Morgan fingerprint density at radius 1 is 1.22 bits per heavy atom. The summed E-state index contributed by atoms with van der Waals surface area (Å²) in [5, 5.41) is 4.29. The Hall–Kier alpha value is -2.90. The summed E-state index contributed by atoms with van der Waals surface area (Å²) in [6.45, 7) is 1.52. The van der Waals surface area contributed by atoms with Crippen molar-refractivity contribution >= 4 is 17.1 Å². The molecule has 0 saturated carbocycles. The molecule has 0 radical (unpaired) electrons. The Morgan fingerprint density at radius 3 is 2.59 bits per heavy atom. The minimum Gasteiger partial charge on any atom is -0.334 e. The maximum Gasteiger partial charge on any atom is 0.319 e.